The van der Waals surface area contributed by atoms with Gasteiger partial charge in [0.25, 0.3) is 5.91 Å². The van der Waals surface area contributed by atoms with Crippen molar-refractivity contribution < 1.29 is 38.6 Å². The Morgan fingerprint density at radius 3 is 2.39 bits per heavy atom. The molecule has 3 aliphatic rings. The highest BCUT2D eigenvalue weighted by Gasteiger charge is 2.47. The summed E-state index contributed by atoms with van der Waals surface area (Å²) < 4.78 is 5.93. The van der Waals surface area contributed by atoms with Gasteiger partial charge in [0.15, 0.2) is 12.1 Å². The van der Waals surface area contributed by atoms with Crippen LogP contribution in [0.1, 0.15) is 77.8 Å². The molecule has 1 aromatic rings. The largest absolute Gasteiger partial charge is 0.444 e. The van der Waals surface area contributed by atoms with E-state index < -0.39 is 71.6 Å². The average molecular weight is 749 g/mol. The summed E-state index contributed by atoms with van der Waals surface area (Å²) in [6.07, 6.45) is 6.15. The lowest BCUT2D eigenvalue weighted by atomic mass is 9.85. The molecule has 4 amide bonds. The molecule has 4 rings (SSSR count). The summed E-state index contributed by atoms with van der Waals surface area (Å²) >= 11 is 0. The quantitative estimate of drug-likeness (QED) is 0.0681. The van der Waals surface area contributed by atoms with Crippen molar-refractivity contribution in [2.24, 2.45) is 17.3 Å². The van der Waals surface area contributed by atoms with Crippen LogP contribution in [0.4, 0.5) is 4.79 Å². The normalized spacial score (nSPS) is 20.5. The fraction of sp³-hybridized carbons (Fsp3) is 0.600. The van der Waals surface area contributed by atoms with Crippen LogP contribution in [0.2, 0.25) is 0 Å². The minimum absolute atomic E-state index is 0.00900. The highest BCUT2D eigenvalue weighted by molar-refractivity contribution is 6.38. The first kappa shape index (κ1) is 42.2. The summed E-state index contributed by atoms with van der Waals surface area (Å²) in [4.78, 5) is 83.7. The number of carbonyl (C=O) groups is 6. The Labute approximate surface area is 318 Å². The number of ether oxygens (including phenoxy) is 1. The fourth-order valence-electron chi connectivity index (χ4n) is 6.88. The number of aliphatic hydroxyl groups excluding tert-OH is 1. The van der Waals surface area contributed by atoms with Gasteiger partial charge in [-0.1, -0.05) is 65.0 Å². The summed E-state index contributed by atoms with van der Waals surface area (Å²) in [6, 6.07) is 3.59. The number of fused-ring (bicyclic) bond motifs is 1. The third-order valence-electron chi connectivity index (χ3n) is 10.1. The van der Waals surface area contributed by atoms with Gasteiger partial charge >= 0.3 is 6.09 Å². The van der Waals surface area contributed by atoms with Gasteiger partial charge < -0.3 is 30.3 Å². The predicted octanol–water partition coefficient (Wildman–Crippen LogP) is 1.79. The second-order valence-electron chi connectivity index (χ2n) is 15.8. The molecular formula is C40H56N6O8. The maximum Gasteiger partial charge on any atom is 0.410 e. The topological polar surface area (TPSA) is 186 Å². The van der Waals surface area contributed by atoms with Crippen LogP contribution in [0.15, 0.2) is 36.9 Å². The van der Waals surface area contributed by atoms with E-state index in [0.29, 0.717) is 19.5 Å². The molecule has 0 aromatic heterocycles. The molecule has 2 aliphatic heterocycles. The van der Waals surface area contributed by atoms with Crippen molar-refractivity contribution >= 4 is 35.4 Å². The molecular weight excluding hydrogens is 692 g/mol. The van der Waals surface area contributed by atoms with E-state index in [0.717, 1.165) is 24.0 Å². The van der Waals surface area contributed by atoms with Crippen LogP contribution in [-0.2, 0) is 41.7 Å². The number of carbonyl (C=O) groups excluding carboxylic acids is 6. The lowest BCUT2D eigenvalue weighted by molar-refractivity contribution is -0.145. The SMILES string of the molecule is C#CCCC(NC(=O)[C@@H]1CC(OC(=O)N2CCc3ccccc3C2)CN1C(=O)[C@@H](NC(O)N[C@H](C(=O)C1CC1)C(C)C)C(C)(C)C)C(=O)C(=O)NCC=C. The van der Waals surface area contributed by atoms with E-state index in [1.165, 1.54) is 11.0 Å². The van der Waals surface area contributed by atoms with E-state index in [-0.39, 0.29) is 50.0 Å². The first-order valence-corrected chi connectivity index (χ1v) is 18.8. The molecule has 54 heavy (non-hydrogen) atoms. The molecule has 14 heteroatoms. The number of likely N-dealkylation sites (tertiary alicyclic amines) is 1. The molecule has 3 unspecified atom stereocenters. The number of terminal acetylenes is 1. The highest BCUT2D eigenvalue weighted by atomic mass is 16.6. The summed E-state index contributed by atoms with van der Waals surface area (Å²) in [5.74, 6) is -0.889. The average Bonchev–Trinajstić information content (AvgIpc) is 3.91. The van der Waals surface area contributed by atoms with Gasteiger partial charge in [0.1, 0.15) is 12.1 Å². The van der Waals surface area contributed by atoms with E-state index in [1.54, 1.807) is 25.7 Å². The molecule has 0 spiro atoms. The van der Waals surface area contributed by atoms with E-state index in [9.17, 15) is 33.9 Å². The van der Waals surface area contributed by atoms with E-state index in [4.69, 9.17) is 11.2 Å². The molecule has 14 nitrogen and oxygen atoms in total. The minimum Gasteiger partial charge on any atom is -0.444 e. The van der Waals surface area contributed by atoms with Gasteiger partial charge in [-0.15, -0.1) is 18.9 Å². The van der Waals surface area contributed by atoms with Crippen molar-refractivity contribution in [1.29, 1.82) is 0 Å². The molecule has 2 fully saturated rings. The number of aliphatic hydroxyl groups is 1. The van der Waals surface area contributed by atoms with Gasteiger partial charge in [0, 0.05) is 38.4 Å². The molecule has 294 valence electrons. The molecule has 1 aromatic carbocycles. The number of benzene rings is 1. The van der Waals surface area contributed by atoms with Crippen molar-refractivity contribution in [2.75, 3.05) is 19.6 Å². The third-order valence-corrected chi connectivity index (χ3v) is 10.1. The number of hydrogen-bond acceptors (Lipinski definition) is 10. The second kappa shape index (κ2) is 18.6. The zero-order valence-corrected chi connectivity index (χ0v) is 32.1. The van der Waals surface area contributed by atoms with Gasteiger partial charge in [0.2, 0.25) is 17.6 Å². The first-order chi connectivity index (χ1) is 25.5. The highest BCUT2D eigenvalue weighted by Crippen LogP contribution is 2.33. The van der Waals surface area contributed by atoms with Crippen molar-refractivity contribution in [1.82, 2.24) is 31.1 Å². The van der Waals surface area contributed by atoms with Crippen molar-refractivity contribution in [3.63, 3.8) is 0 Å². The lowest BCUT2D eigenvalue weighted by Gasteiger charge is -2.37. The van der Waals surface area contributed by atoms with Crippen molar-refractivity contribution in [3.8, 4) is 12.3 Å². The Morgan fingerprint density at radius 2 is 1.78 bits per heavy atom. The molecule has 2 heterocycles. The van der Waals surface area contributed by atoms with Gasteiger partial charge in [-0.3, -0.25) is 34.6 Å². The number of nitrogens with one attached hydrogen (secondary N) is 4. The standard InChI is InChI=1S/C40H56N6O8/c1-8-10-15-29(33(48)36(50)41-19-9-2)42-35(49)30-21-28(54-39(53)45-20-18-25-13-11-12-14-27(25)22-45)23-46(30)37(51)34(40(5,6)7)44-38(52)43-31(24(3)4)32(47)26-16-17-26/h1,9,11-14,24,26,28-31,34,38,43-44,52H,2,10,15-23H2,3-7H3,(H,41,50)(H,42,49)/t28?,29?,30-,31-,34+,38?/m0/s1. The summed E-state index contributed by atoms with van der Waals surface area (Å²) in [6.45, 7) is 13.3. The monoisotopic (exact) mass is 748 g/mol. The molecule has 0 bridgehead atoms. The number of hydrogen-bond donors (Lipinski definition) is 5. The Balaban J connectivity index is 1.57. The van der Waals surface area contributed by atoms with Gasteiger partial charge in [0.05, 0.1) is 24.7 Å². The molecule has 5 N–H and O–H groups in total. The minimum atomic E-state index is -1.46. The van der Waals surface area contributed by atoms with Crippen LogP contribution in [0, 0.1) is 29.6 Å². The Hall–Kier alpha value is -4.58. The van der Waals surface area contributed by atoms with Crippen LogP contribution < -0.4 is 21.3 Å². The summed E-state index contributed by atoms with van der Waals surface area (Å²) in [5, 5.41) is 22.1. The van der Waals surface area contributed by atoms with E-state index in [1.807, 2.05) is 38.1 Å². The molecule has 0 radical (unpaired) electrons. The van der Waals surface area contributed by atoms with Gasteiger partial charge in [-0.05, 0) is 48.1 Å². The van der Waals surface area contributed by atoms with Crippen LogP contribution in [-0.4, -0.2) is 107 Å². The predicted molar refractivity (Wildman–Crippen MR) is 201 cm³/mol. The molecule has 1 aliphatic carbocycles. The van der Waals surface area contributed by atoms with Crippen molar-refractivity contribution in [3.05, 3.63) is 48.0 Å². The van der Waals surface area contributed by atoms with E-state index in [2.05, 4.69) is 33.8 Å². The fourth-order valence-corrected chi connectivity index (χ4v) is 6.88. The van der Waals surface area contributed by atoms with E-state index >= 15 is 0 Å². The number of nitrogens with zero attached hydrogens (tertiary/aromatic N) is 2. The van der Waals surface area contributed by atoms with Gasteiger partial charge in [-0.2, -0.15) is 0 Å². The lowest BCUT2D eigenvalue weighted by Crippen LogP contribution is -2.63. The Bertz CT molecular complexity index is 1610. The second-order valence-corrected chi connectivity index (χ2v) is 15.8. The maximum absolute atomic E-state index is 14.6. The third kappa shape index (κ3) is 11.0. The molecule has 6 atom stereocenters. The van der Waals surface area contributed by atoms with Crippen LogP contribution >= 0.6 is 0 Å². The Morgan fingerprint density at radius 1 is 1.09 bits per heavy atom. The van der Waals surface area contributed by atoms with Crippen LogP contribution in [0.3, 0.4) is 0 Å². The Kier molecular flexibility index (Phi) is 14.6. The summed E-state index contributed by atoms with van der Waals surface area (Å²) in [5.41, 5.74) is 1.34. The number of amides is 4. The molecule has 1 saturated carbocycles. The first-order valence-electron chi connectivity index (χ1n) is 18.8. The maximum atomic E-state index is 14.6. The zero-order valence-electron chi connectivity index (χ0n) is 32.1. The number of Topliss-reactive ketones (excluding diaryl/α,β-unsaturated/α-hetero) is 2. The number of rotatable bonds is 17. The summed E-state index contributed by atoms with van der Waals surface area (Å²) in [7, 11) is 0. The van der Waals surface area contributed by atoms with Crippen molar-refractivity contribution in [2.45, 2.75) is 116 Å². The smallest absolute Gasteiger partial charge is 0.410 e. The van der Waals surface area contributed by atoms with Gasteiger partial charge in [-0.25, -0.2) is 4.79 Å². The number of ketones is 2. The van der Waals surface area contributed by atoms with Crippen LogP contribution in [0.5, 0.6) is 0 Å². The molecule has 1 saturated heterocycles. The zero-order chi connectivity index (χ0) is 39.7. The van der Waals surface area contributed by atoms with Crippen LogP contribution in [0.25, 0.3) is 0 Å².